The molecule has 6 nitrogen and oxygen atoms in total. The summed E-state index contributed by atoms with van der Waals surface area (Å²) in [6.45, 7) is 3.77. The van der Waals surface area contributed by atoms with Crippen molar-refractivity contribution in [1.29, 1.82) is 0 Å². The van der Waals surface area contributed by atoms with Gasteiger partial charge in [-0.1, -0.05) is 67.1 Å². The Kier molecular flexibility index (Phi) is 5.07. The van der Waals surface area contributed by atoms with Gasteiger partial charge in [0.15, 0.2) is 0 Å². The number of carbonyl (C=O) groups is 3. The van der Waals surface area contributed by atoms with Crippen LogP contribution < -0.4 is 10.7 Å². The van der Waals surface area contributed by atoms with Crippen LogP contribution >= 0.6 is 0 Å². The maximum atomic E-state index is 12.9. The summed E-state index contributed by atoms with van der Waals surface area (Å²) in [5.74, 6) is -1.06. The smallest absolute Gasteiger partial charge is 0.318 e. The van der Waals surface area contributed by atoms with Crippen LogP contribution in [0.3, 0.4) is 0 Å². The van der Waals surface area contributed by atoms with Gasteiger partial charge in [-0.15, -0.1) is 0 Å². The zero-order valence-corrected chi connectivity index (χ0v) is 15.2. The highest BCUT2D eigenvalue weighted by atomic mass is 16.2. The molecule has 1 heterocycles. The number of rotatable bonds is 5. The zero-order valence-electron chi connectivity index (χ0n) is 15.2. The molecule has 2 aromatic carbocycles. The van der Waals surface area contributed by atoms with Crippen molar-refractivity contribution in [3.05, 3.63) is 77.4 Å². The minimum absolute atomic E-state index is 0.368. The predicted octanol–water partition coefficient (Wildman–Crippen LogP) is 2.90. The van der Waals surface area contributed by atoms with E-state index in [2.05, 4.69) is 10.7 Å². The van der Waals surface area contributed by atoms with Crippen molar-refractivity contribution in [3.63, 3.8) is 0 Å². The molecule has 4 amide bonds. The van der Waals surface area contributed by atoms with E-state index in [1.165, 1.54) is 6.08 Å². The van der Waals surface area contributed by atoms with Crippen molar-refractivity contribution in [2.75, 3.05) is 0 Å². The molecule has 3 rings (SSSR count). The summed E-state index contributed by atoms with van der Waals surface area (Å²) in [5.41, 5.74) is 3.80. The topological polar surface area (TPSA) is 78.5 Å². The van der Waals surface area contributed by atoms with E-state index in [4.69, 9.17) is 0 Å². The first-order valence-corrected chi connectivity index (χ1v) is 8.74. The van der Waals surface area contributed by atoms with Crippen molar-refractivity contribution < 1.29 is 14.4 Å². The molecule has 0 radical (unpaired) electrons. The number of urea groups is 1. The summed E-state index contributed by atoms with van der Waals surface area (Å²) in [5, 5.41) is 3.47. The zero-order chi connectivity index (χ0) is 19.4. The lowest BCUT2D eigenvalue weighted by molar-refractivity contribution is -0.138. The van der Waals surface area contributed by atoms with E-state index in [0.717, 1.165) is 16.1 Å². The number of hydrazine groups is 1. The number of amides is 4. The number of imide groups is 1. The molecule has 1 atom stereocenters. The second-order valence-electron chi connectivity index (χ2n) is 6.42. The lowest BCUT2D eigenvalue weighted by atomic mass is 9.87. The third-order valence-corrected chi connectivity index (χ3v) is 4.58. The number of hydrogen-bond acceptors (Lipinski definition) is 3. The average Bonchev–Trinajstić information content (AvgIpc) is 2.92. The van der Waals surface area contributed by atoms with Crippen LogP contribution in [0.25, 0.3) is 6.08 Å². The molecule has 0 unspecified atom stereocenters. The molecule has 2 N–H and O–H groups in total. The van der Waals surface area contributed by atoms with E-state index >= 15 is 0 Å². The monoisotopic (exact) mass is 363 g/mol. The Morgan fingerprint density at radius 1 is 1.15 bits per heavy atom. The third kappa shape index (κ3) is 3.60. The van der Waals surface area contributed by atoms with Crippen LogP contribution in [0.5, 0.6) is 0 Å². The van der Waals surface area contributed by atoms with Crippen LogP contribution in [0.2, 0.25) is 0 Å². The highest BCUT2D eigenvalue weighted by molar-refractivity contribution is 6.09. The summed E-state index contributed by atoms with van der Waals surface area (Å²) >= 11 is 0. The Morgan fingerprint density at radius 2 is 1.89 bits per heavy atom. The standard InChI is InChI=1S/C21H21N3O3/c1-3-21(17-10-5-4-6-11-17)19(26)24(20(27)22-21)23-18(25)13-12-16-9-7-8-15(2)14-16/h4-14H,3H2,1-2H3,(H,22,27)(H,23,25)/b13-12+/t21-/m0/s1. The molecule has 2 aromatic rings. The molecule has 0 aromatic heterocycles. The number of hydrogen-bond donors (Lipinski definition) is 2. The molecule has 1 aliphatic heterocycles. The maximum absolute atomic E-state index is 12.9. The number of aryl methyl sites for hydroxylation is 1. The van der Waals surface area contributed by atoms with Crippen molar-refractivity contribution in [2.45, 2.75) is 25.8 Å². The Morgan fingerprint density at radius 3 is 2.56 bits per heavy atom. The van der Waals surface area contributed by atoms with Gasteiger partial charge in [0.05, 0.1) is 0 Å². The molecule has 1 fully saturated rings. The Hall–Kier alpha value is -3.41. The molecule has 6 heteroatoms. The Labute approximate surface area is 157 Å². The number of nitrogens with zero attached hydrogens (tertiary/aromatic N) is 1. The fraction of sp³-hybridized carbons (Fsp3) is 0.190. The molecule has 0 spiro atoms. The quantitative estimate of drug-likeness (QED) is 0.633. The van der Waals surface area contributed by atoms with Gasteiger partial charge >= 0.3 is 6.03 Å². The SMILES string of the molecule is CC[C@@]1(c2ccccc2)NC(=O)N(NC(=O)/C=C/c2cccc(C)c2)C1=O. The normalized spacial score (nSPS) is 19.4. The van der Waals surface area contributed by atoms with Gasteiger partial charge in [0, 0.05) is 6.08 Å². The van der Waals surface area contributed by atoms with E-state index < -0.39 is 23.4 Å². The lowest BCUT2D eigenvalue weighted by Crippen LogP contribution is -2.48. The third-order valence-electron chi connectivity index (χ3n) is 4.58. The molecule has 1 aliphatic rings. The van der Waals surface area contributed by atoms with Gasteiger partial charge in [-0.25, -0.2) is 4.79 Å². The molecule has 1 saturated heterocycles. The second-order valence-corrected chi connectivity index (χ2v) is 6.42. The van der Waals surface area contributed by atoms with Crippen LogP contribution in [-0.4, -0.2) is 22.9 Å². The van der Waals surface area contributed by atoms with E-state index in [9.17, 15) is 14.4 Å². The number of benzene rings is 2. The first-order valence-electron chi connectivity index (χ1n) is 8.74. The summed E-state index contributed by atoms with van der Waals surface area (Å²) in [6.07, 6.45) is 3.29. The van der Waals surface area contributed by atoms with Gasteiger partial charge < -0.3 is 5.32 Å². The van der Waals surface area contributed by atoms with Crippen molar-refractivity contribution in [3.8, 4) is 0 Å². The molecule has 0 aliphatic carbocycles. The molecule has 0 saturated carbocycles. The lowest BCUT2D eigenvalue weighted by Gasteiger charge is -2.25. The molecular formula is C21H21N3O3. The van der Waals surface area contributed by atoms with Gasteiger partial charge in [-0.3, -0.25) is 15.0 Å². The first kappa shape index (κ1) is 18.4. The largest absolute Gasteiger partial charge is 0.344 e. The molecule has 138 valence electrons. The second kappa shape index (κ2) is 7.45. The van der Waals surface area contributed by atoms with E-state index in [-0.39, 0.29) is 0 Å². The van der Waals surface area contributed by atoms with Crippen LogP contribution in [0.15, 0.2) is 60.7 Å². The minimum atomic E-state index is -1.17. The highest BCUT2D eigenvalue weighted by Crippen LogP contribution is 2.31. The Bertz CT molecular complexity index is 908. The van der Waals surface area contributed by atoms with Crippen LogP contribution in [0.1, 0.15) is 30.0 Å². The van der Waals surface area contributed by atoms with E-state index in [1.807, 2.05) is 44.2 Å². The number of nitrogens with one attached hydrogen (secondary N) is 2. The average molecular weight is 363 g/mol. The first-order chi connectivity index (χ1) is 13.0. The van der Waals surface area contributed by atoms with Crippen molar-refractivity contribution in [1.82, 2.24) is 15.8 Å². The minimum Gasteiger partial charge on any atom is -0.318 e. The molecule has 0 bridgehead atoms. The van der Waals surface area contributed by atoms with Gasteiger partial charge in [-0.05, 0) is 30.5 Å². The van der Waals surface area contributed by atoms with Crippen LogP contribution in [0.4, 0.5) is 4.79 Å². The van der Waals surface area contributed by atoms with Crippen molar-refractivity contribution >= 4 is 23.9 Å². The predicted molar refractivity (Wildman–Crippen MR) is 102 cm³/mol. The summed E-state index contributed by atoms with van der Waals surface area (Å²) in [6, 6.07) is 16.0. The van der Waals surface area contributed by atoms with Crippen LogP contribution in [-0.2, 0) is 15.1 Å². The van der Waals surface area contributed by atoms with Gasteiger partial charge in [0.1, 0.15) is 5.54 Å². The van der Waals surface area contributed by atoms with E-state index in [0.29, 0.717) is 12.0 Å². The Balaban J connectivity index is 1.76. The number of carbonyl (C=O) groups excluding carboxylic acids is 3. The van der Waals surface area contributed by atoms with Crippen LogP contribution in [0, 0.1) is 6.92 Å². The molecule has 27 heavy (non-hydrogen) atoms. The summed E-state index contributed by atoms with van der Waals surface area (Å²) < 4.78 is 0. The highest BCUT2D eigenvalue weighted by Gasteiger charge is 2.52. The van der Waals surface area contributed by atoms with E-state index in [1.54, 1.807) is 30.3 Å². The molecular weight excluding hydrogens is 342 g/mol. The summed E-state index contributed by atoms with van der Waals surface area (Å²) in [7, 11) is 0. The fourth-order valence-electron chi connectivity index (χ4n) is 3.13. The van der Waals surface area contributed by atoms with Gasteiger partial charge in [-0.2, -0.15) is 5.01 Å². The van der Waals surface area contributed by atoms with Gasteiger partial charge in [0.2, 0.25) is 0 Å². The van der Waals surface area contributed by atoms with Crippen molar-refractivity contribution in [2.24, 2.45) is 0 Å². The maximum Gasteiger partial charge on any atom is 0.344 e. The van der Waals surface area contributed by atoms with Gasteiger partial charge in [0.25, 0.3) is 11.8 Å². The fourth-order valence-corrected chi connectivity index (χ4v) is 3.13. The summed E-state index contributed by atoms with van der Waals surface area (Å²) in [4.78, 5) is 37.5.